The van der Waals surface area contributed by atoms with Crippen LogP contribution < -0.4 is 11.3 Å². The number of nitrogens with two attached hydrogens (primary N) is 1. The Morgan fingerprint density at radius 2 is 1.88 bits per heavy atom. The minimum absolute atomic E-state index is 0.105. The van der Waals surface area contributed by atoms with Crippen LogP contribution in [0.3, 0.4) is 0 Å². The average Bonchev–Trinajstić information content (AvgIpc) is 3.02. The van der Waals surface area contributed by atoms with Gasteiger partial charge in [-0.15, -0.1) is 0 Å². The van der Waals surface area contributed by atoms with Crippen molar-refractivity contribution in [2.24, 2.45) is 0 Å². The number of nitrogens with zero attached hydrogens (tertiary/aromatic N) is 2. The number of anilines is 1. The van der Waals surface area contributed by atoms with E-state index in [4.69, 9.17) is 5.73 Å². The maximum atomic E-state index is 13.1. The molecular weight excluding hydrogens is 300 g/mol. The number of nitrogen functional groups attached to an aromatic ring is 1. The molecule has 2 aromatic carbocycles. The van der Waals surface area contributed by atoms with Gasteiger partial charge in [-0.1, -0.05) is 37.3 Å². The van der Waals surface area contributed by atoms with Crippen LogP contribution in [0.25, 0.3) is 33.3 Å². The summed E-state index contributed by atoms with van der Waals surface area (Å²) < 4.78 is 1.79. The largest absolute Gasteiger partial charge is 0.397 e. The lowest BCUT2D eigenvalue weighted by molar-refractivity contribution is 0.679. The van der Waals surface area contributed by atoms with Gasteiger partial charge >= 0.3 is 0 Å². The normalized spacial score (nSPS) is 11.4. The second-order valence-corrected chi connectivity index (χ2v) is 5.87. The summed E-state index contributed by atoms with van der Waals surface area (Å²) in [4.78, 5) is 20.9. The lowest BCUT2D eigenvalue weighted by atomic mass is 10.1. The Morgan fingerprint density at radius 1 is 1.12 bits per heavy atom. The van der Waals surface area contributed by atoms with Crippen LogP contribution in [0.4, 0.5) is 5.69 Å². The van der Waals surface area contributed by atoms with Gasteiger partial charge in [-0.3, -0.25) is 4.79 Å². The summed E-state index contributed by atoms with van der Waals surface area (Å²) in [5.41, 5.74) is 9.75. The molecule has 4 rings (SSSR count). The molecule has 3 N–H and O–H groups in total. The molecule has 24 heavy (non-hydrogen) atoms. The minimum atomic E-state index is -0.105. The van der Waals surface area contributed by atoms with E-state index in [0.717, 1.165) is 28.4 Å². The molecule has 0 bridgehead atoms. The summed E-state index contributed by atoms with van der Waals surface area (Å²) >= 11 is 0. The van der Waals surface area contributed by atoms with Crippen molar-refractivity contribution in [3.63, 3.8) is 0 Å². The van der Waals surface area contributed by atoms with Gasteiger partial charge in [-0.25, -0.2) is 4.98 Å². The molecule has 0 aliphatic rings. The fourth-order valence-electron chi connectivity index (χ4n) is 3.18. The highest BCUT2D eigenvalue weighted by molar-refractivity contribution is 5.98. The molecule has 0 radical (unpaired) electrons. The lowest BCUT2D eigenvalue weighted by Gasteiger charge is -2.14. The number of rotatable bonds is 3. The Morgan fingerprint density at radius 3 is 2.67 bits per heavy atom. The summed E-state index contributed by atoms with van der Waals surface area (Å²) in [7, 11) is 0. The van der Waals surface area contributed by atoms with Crippen molar-refractivity contribution in [2.45, 2.75) is 19.9 Å². The van der Waals surface area contributed by atoms with Crippen molar-refractivity contribution in [1.82, 2.24) is 14.5 Å². The minimum Gasteiger partial charge on any atom is -0.397 e. The summed E-state index contributed by atoms with van der Waals surface area (Å²) in [6.07, 6.45) is 0.868. The van der Waals surface area contributed by atoms with Gasteiger partial charge in [0.2, 0.25) is 0 Å². The third-order valence-corrected chi connectivity index (χ3v) is 4.29. The van der Waals surface area contributed by atoms with Crippen molar-refractivity contribution in [3.05, 3.63) is 58.9 Å². The molecule has 0 amide bonds. The zero-order chi connectivity index (χ0) is 16.7. The van der Waals surface area contributed by atoms with Crippen LogP contribution in [0, 0.1) is 0 Å². The highest BCUT2D eigenvalue weighted by atomic mass is 16.1. The van der Waals surface area contributed by atoms with Gasteiger partial charge in [-0.2, -0.15) is 0 Å². The summed E-state index contributed by atoms with van der Waals surface area (Å²) in [5.74, 6) is 0.523. The molecule has 4 aromatic rings. The van der Waals surface area contributed by atoms with Crippen LogP contribution in [-0.4, -0.2) is 14.5 Å². The standard InChI is InChI=1S/C19H18N4O/c1-2-11-23-15-10-6-3-7-12(15)17(20)16(19(23)24)18-21-13-8-4-5-9-14(13)22-18/h3-10H,2,11,20H2,1H3,(H,21,22). The number of hydrogen-bond donors (Lipinski definition) is 2. The molecule has 5 heteroatoms. The van der Waals surface area contributed by atoms with E-state index in [-0.39, 0.29) is 5.56 Å². The maximum absolute atomic E-state index is 13.1. The smallest absolute Gasteiger partial charge is 0.264 e. The molecule has 0 atom stereocenters. The van der Waals surface area contributed by atoms with Crippen molar-refractivity contribution < 1.29 is 0 Å². The zero-order valence-electron chi connectivity index (χ0n) is 13.4. The van der Waals surface area contributed by atoms with Crippen LogP contribution in [0.15, 0.2) is 53.3 Å². The number of para-hydroxylation sites is 3. The Kier molecular flexibility index (Phi) is 3.34. The Balaban J connectivity index is 2.09. The Hall–Kier alpha value is -3.08. The highest BCUT2D eigenvalue weighted by Crippen LogP contribution is 2.29. The van der Waals surface area contributed by atoms with Crippen molar-refractivity contribution in [3.8, 4) is 11.4 Å². The van der Waals surface area contributed by atoms with E-state index in [1.807, 2.05) is 48.5 Å². The third kappa shape index (κ3) is 2.09. The first-order valence-corrected chi connectivity index (χ1v) is 8.07. The topological polar surface area (TPSA) is 76.7 Å². The number of aromatic nitrogens is 3. The monoisotopic (exact) mass is 318 g/mol. The van der Waals surface area contributed by atoms with Crippen molar-refractivity contribution >= 4 is 27.6 Å². The van der Waals surface area contributed by atoms with E-state index >= 15 is 0 Å². The average molecular weight is 318 g/mol. The molecule has 0 saturated heterocycles. The van der Waals surface area contributed by atoms with Crippen molar-refractivity contribution in [1.29, 1.82) is 0 Å². The van der Waals surface area contributed by atoms with Crippen LogP contribution in [-0.2, 0) is 6.54 Å². The molecule has 2 heterocycles. The molecule has 0 fully saturated rings. The summed E-state index contributed by atoms with van der Waals surface area (Å²) in [6.45, 7) is 2.70. The highest BCUT2D eigenvalue weighted by Gasteiger charge is 2.18. The third-order valence-electron chi connectivity index (χ3n) is 4.29. The van der Waals surface area contributed by atoms with Gasteiger partial charge in [0.25, 0.3) is 5.56 Å². The number of aryl methyl sites for hydroxylation is 1. The second kappa shape index (κ2) is 5.53. The van der Waals surface area contributed by atoms with Crippen LogP contribution in [0.5, 0.6) is 0 Å². The molecule has 120 valence electrons. The van der Waals surface area contributed by atoms with Crippen LogP contribution >= 0.6 is 0 Å². The van der Waals surface area contributed by atoms with E-state index in [9.17, 15) is 4.79 Å². The molecular formula is C19H18N4O. The predicted octanol–water partition coefficient (Wildman–Crippen LogP) is 3.54. The fourth-order valence-corrected chi connectivity index (χ4v) is 3.18. The van der Waals surface area contributed by atoms with Gasteiger partial charge in [0.15, 0.2) is 0 Å². The quantitative estimate of drug-likeness (QED) is 0.606. The SMILES string of the molecule is CCCn1c(=O)c(-c2nc3ccccc3[nH]2)c(N)c2ccccc21. The number of H-pyrrole nitrogens is 1. The Bertz CT molecular complexity index is 1070. The zero-order valence-corrected chi connectivity index (χ0v) is 13.4. The molecule has 0 saturated carbocycles. The first-order chi connectivity index (χ1) is 11.7. The number of aromatic amines is 1. The summed E-state index contributed by atoms with van der Waals surface area (Å²) in [5, 5.41) is 0.876. The first-order valence-electron chi connectivity index (χ1n) is 8.07. The second-order valence-electron chi connectivity index (χ2n) is 5.87. The van der Waals surface area contributed by atoms with Gasteiger partial charge in [0.05, 0.1) is 22.2 Å². The van der Waals surface area contributed by atoms with Gasteiger partial charge in [0, 0.05) is 11.9 Å². The number of nitrogens with one attached hydrogen (secondary N) is 1. The molecule has 0 aliphatic heterocycles. The molecule has 2 aromatic heterocycles. The van der Waals surface area contributed by atoms with Crippen molar-refractivity contribution in [2.75, 3.05) is 5.73 Å². The molecule has 5 nitrogen and oxygen atoms in total. The van der Waals surface area contributed by atoms with E-state index in [1.54, 1.807) is 4.57 Å². The van der Waals surface area contributed by atoms with E-state index in [0.29, 0.717) is 23.6 Å². The predicted molar refractivity (Wildman–Crippen MR) is 98.0 cm³/mol. The number of fused-ring (bicyclic) bond motifs is 2. The molecule has 0 spiro atoms. The number of hydrogen-bond acceptors (Lipinski definition) is 3. The maximum Gasteiger partial charge on any atom is 0.264 e. The van der Waals surface area contributed by atoms with Gasteiger partial charge in [0.1, 0.15) is 11.4 Å². The first kappa shape index (κ1) is 14.5. The van der Waals surface area contributed by atoms with Gasteiger partial charge in [-0.05, 0) is 24.6 Å². The number of imidazole rings is 1. The number of benzene rings is 2. The van der Waals surface area contributed by atoms with E-state index in [1.165, 1.54) is 0 Å². The van der Waals surface area contributed by atoms with E-state index < -0.39 is 0 Å². The molecule has 0 unspecified atom stereocenters. The number of pyridine rings is 1. The Labute approximate surface area is 138 Å². The molecule has 0 aliphatic carbocycles. The lowest BCUT2D eigenvalue weighted by Crippen LogP contribution is -2.24. The van der Waals surface area contributed by atoms with Crippen LogP contribution in [0.1, 0.15) is 13.3 Å². The fraction of sp³-hybridized carbons (Fsp3) is 0.158. The van der Waals surface area contributed by atoms with E-state index in [2.05, 4.69) is 16.9 Å². The van der Waals surface area contributed by atoms with Crippen LogP contribution in [0.2, 0.25) is 0 Å². The van der Waals surface area contributed by atoms with Gasteiger partial charge < -0.3 is 15.3 Å². The summed E-state index contributed by atoms with van der Waals surface area (Å²) in [6, 6.07) is 15.4.